The smallest absolute Gasteiger partial charge is 0.408 e. The van der Waals surface area contributed by atoms with Crippen LogP contribution in [0.15, 0.2) is 30.8 Å². The van der Waals surface area contributed by atoms with E-state index in [0.717, 1.165) is 37.7 Å². The molecule has 1 aromatic carbocycles. The largest absolute Gasteiger partial charge is 0.444 e. The molecule has 1 aliphatic carbocycles. The van der Waals surface area contributed by atoms with Crippen LogP contribution in [-0.4, -0.2) is 52.3 Å². The quantitative estimate of drug-likeness (QED) is 0.263. The minimum Gasteiger partial charge on any atom is -0.444 e. The van der Waals surface area contributed by atoms with Crippen molar-refractivity contribution in [2.24, 2.45) is 5.92 Å². The number of amides is 3. The van der Waals surface area contributed by atoms with Gasteiger partial charge in [0.2, 0.25) is 11.8 Å². The number of ether oxygens (including phenoxy) is 1. The zero-order valence-corrected chi connectivity index (χ0v) is 25.6. The third kappa shape index (κ3) is 10.5. The molecule has 3 amide bonds. The lowest BCUT2D eigenvalue weighted by atomic mass is 9.93. The van der Waals surface area contributed by atoms with Crippen molar-refractivity contribution in [3.63, 3.8) is 0 Å². The summed E-state index contributed by atoms with van der Waals surface area (Å²) in [5, 5.41) is 5.94. The van der Waals surface area contributed by atoms with Crippen LogP contribution in [0, 0.1) is 5.92 Å². The van der Waals surface area contributed by atoms with E-state index in [9.17, 15) is 14.4 Å². The summed E-state index contributed by atoms with van der Waals surface area (Å²) >= 11 is 4.40. The van der Waals surface area contributed by atoms with Crippen molar-refractivity contribution in [3.8, 4) is 0 Å². The average molecular weight is 560 g/mol. The number of hydrogen-bond donors (Lipinski definition) is 3. The Hall–Kier alpha value is -2.48. The van der Waals surface area contributed by atoms with Crippen LogP contribution in [0.1, 0.15) is 104 Å². The predicted molar refractivity (Wildman–Crippen MR) is 162 cm³/mol. The van der Waals surface area contributed by atoms with Gasteiger partial charge >= 0.3 is 6.09 Å². The summed E-state index contributed by atoms with van der Waals surface area (Å²) in [5.74, 6) is -0.0682. The van der Waals surface area contributed by atoms with Crippen LogP contribution >= 0.6 is 12.6 Å². The van der Waals surface area contributed by atoms with E-state index < -0.39 is 23.8 Å². The number of alkyl carbamates (subject to hydrolysis) is 1. The average Bonchev–Trinajstić information content (AvgIpc) is 2.88. The minimum atomic E-state index is -0.961. The zero-order chi connectivity index (χ0) is 29.2. The maximum Gasteiger partial charge on any atom is 0.408 e. The fourth-order valence-electron chi connectivity index (χ4n) is 4.95. The van der Waals surface area contributed by atoms with Crippen LogP contribution in [0.3, 0.4) is 0 Å². The lowest BCUT2D eigenvalue weighted by molar-refractivity contribution is -0.145. The number of nitrogens with zero attached hydrogens (tertiary/aromatic N) is 1. The van der Waals surface area contributed by atoms with E-state index in [2.05, 4.69) is 43.7 Å². The van der Waals surface area contributed by atoms with E-state index in [-0.39, 0.29) is 29.7 Å². The second-order valence-electron chi connectivity index (χ2n) is 12.1. The van der Waals surface area contributed by atoms with Crippen molar-refractivity contribution in [1.82, 2.24) is 15.5 Å². The fraction of sp³-hybridized carbons (Fsp3) is 0.645. The summed E-state index contributed by atoms with van der Waals surface area (Å²) in [6, 6.07) is 5.57. The monoisotopic (exact) mass is 559 g/mol. The molecule has 0 saturated heterocycles. The van der Waals surface area contributed by atoms with Gasteiger partial charge in [-0.3, -0.25) is 9.59 Å². The van der Waals surface area contributed by atoms with Gasteiger partial charge in [-0.15, -0.1) is 0 Å². The molecule has 39 heavy (non-hydrogen) atoms. The number of carbonyl (C=O) groups is 3. The number of hydrogen-bond acceptors (Lipinski definition) is 5. The highest BCUT2D eigenvalue weighted by molar-refractivity contribution is 7.80. The van der Waals surface area contributed by atoms with Gasteiger partial charge in [0.25, 0.3) is 0 Å². The third-order valence-electron chi connectivity index (χ3n) is 7.00. The van der Waals surface area contributed by atoms with Gasteiger partial charge in [-0.1, -0.05) is 64.0 Å². The lowest BCUT2D eigenvalue weighted by Gasteiger charge is -2.39. The first-order valence-electron chi connectivity index (χ1n) is 14.3. The molecule has 7 nitrogen and oxygen atoms in total. The number of nitrogens with one attached hydrogen (secondary N) is 2. The Morgan fingerprint density at radius 3 is 2.36 bits per heavy atom. The molecule has 0 spiro atoms. The number of benzene rings is 1. The van der Waals surface area contributed by atoms with E-state index in [1.54, 1.807) is 31.7 Å². The summed E-state index contributed by atoms with van der Waals surface area (Å²) in [6.07, 6.45) is 7.84. The highest BCUT2D eigenvalue weighted by Gasteiger charge is 2.39. The van der Waals surface area contributed by atoms with Gasteiger partial charge in [0.05, 0.1) is 0 Å². The molecular formula is C31H49N3O4S. The molecule has 1 saturated carbocycles. The highest BCUT2D eigenvalue weighted by Crippen LogP contribution is 2.29. The van der Waals surface area contributed by atoms with Gasteiger partial charge in [0.1, 0.15) is 17.7 Å². The molecule has 1 aliphatic rings. The first-order valence-corrected chi connectivity index (χ1v) is 14.9. The Labute approximate surface area is 240 Å². The second kappa shape index (κ2) is 15.3. The molecule has 0 radical (unpaired) electrons. The number of rotatable bonds is 12. The lowest BCUT2D eigenvalue weighted by Crippen LogP contribution is -2.57. The maximum absolute atomic E-state index is 14.2. The molecule has 8 heteroatoms. The number of thiol groups is 1. The Bertz CT molecular complexity index is 969. The summed E-state index contributed by atoms with van der Waals surface area (Å²) in [5.41, 5.74) is 0.856. The van der Waals surface area contributed by atoms with Crippen LogP contribution in [0.2, 0.25) is 0 Å². The summed E-state index contributed by atoms with van der Waals surface area (Å²) in [4.78, 5) is 42.6. The summed E-state index contributed by atoms with van der Waals surface area (Å²) < 4.78 is 5.42. The van der Waals surface area contributed by atoms with Crippen molar-refractivity contribution < 1.29 is 19.1 Å². The van der Waals surface area contributed by atoms with Crippen LogP contribution < -0.4 is 10.6 Å². The Balaban J connectivity index is 2.52. The molecular weight excluding hydrogens is 510 g/mol. The van der Waals surface area contributed by atoms with E-state index in [1.807, 2.05) is 31.2 Å². The molecule has 3 atom stereocenters. The van der Waals surface area contributed by atoms with Crippen LogP contribution in [0.25, 0.3) is 6.08 Å². The van der Waals surface area contributed by atoms with Crippen molar-refractivity contribution in [3.05, 3.63) is 42.0 Å². The van der Waals surface area contributed by atoms with E-state index in [4.69, 9.17) is 4.74 Å². The minimum absolute atomic E-state index is 0.0646. The molecule has 0 aliphatic heterocycles. The molecule has 1 aromatic rings. The Morgan fingerprint density at radius 2 is 1.79 bits per heavy atom. The summed E-state index contributed by atoms with van der Waals surface area (Å²) in [6.45, 7) is 15.4. The van der Waals surface area contributed by atoms with E-state index in [0.29, 0.717) is 17.9 Å². The van der Waals surface area contributed by atoms with Crippen molar-refractivity contribution >= 4 is 36.6 Å². The van der Waals surface area contributed by atoms with Crippen molar-refractivity contribution in [2.75, 3.05) is 5.75 Å². The summed E-state index contributed by atoms with van der Waals surface area (Å²) in [7, 11) is 0. The van der Waals surface area contributed by atoms with Crippen LogP contribution in [-0.2, 0) is 14.3 Å². The SMILES string of the molecule is C=Cc1cccc(C(C(=O)NC2CCCCC2)N(C(=O)C(CS)NC(=O)OC(C)(C)C)C(C)CCC(C)C)c1. The fourth-order valence-corrected chi connectivity index (χ4v) is 5.20. The molecule has 2 N–H and O–H groups in total. The Kier molecular flexibility index (Phi) is 12.9. The van der Waals surface area contributed by atoms with Gasteiger partial charge in [0.15, 0.2) is 0 Å². The van der Waals surface area contributed by atoms with E-state index >= 15 is 0 Å². The molecule has 0 bridgehead atoms. The third-order valence-corrected chi connectivity index (χ3v) is 7.37. The number of carbonyl (C=O) groups excluding carboxylic acids is 3. The topological polar surface area (TPSA) is 87.7 Å². The normalized spacial score (nSPS) is 16.6. The second-order valence-corrected chi connectivity index (χ2v) is 12.4. The first kappa shape index (κ1) is 32.7. The molecule has 218 valence electrons. The predicted octanol–water partition coefficient (Wildman–Crippen LogP) is 6.30. The van der Waals surface area contributed by atoms with Gasteiger partial charge in [0, 0.05) is 17.8 Å². The standard InChI is InChI=1S/C31H49N3O4S/c1-8-23-13-12-14-24(19-23)27(28(35)32-25-15-10-9-11-16-25)34(22(4)18-17-21(2)3)29(36)26(20-39)33-30(37)38-31(5,6)7/h8,12-14,19,21-22,25-27,39H,1,9-11,15-18,20H2,2-7H3,(H,32,35)(H,33,37). The molecule has 0 heterocycles. The Morgan fingerprint density at radius 1 is 1.13 bits per heavy atom. The van der Waals surface area contributed by atoms with Gasteiger partial charge in [-0.2, -0.15) is 12.6 Å². The highest BCUT2D eigenvalue weighted by atomic mass is 32.1. The van der Waals surface area contributed by atoms with Gasteiger partial charge in [-0.05, 0) is 76.5 Å². The van der Waals surface area contributed by atoms with E-state index in [1.165, 1.54) is 6.42 Å². The van der Waals surface area contributed by atoms with Crippen LogP contribution in [0.5, 0.6) is 0 Å². The van der Waals surface area contributed by atoms with Gasteiger partial charge in [-0.25, -0.2) is 4.79 Å². The zero-order valence-electron chi connectivity index (χ0n) is 24.7. The van der Waals surface area contributed by atoms with Crippen molar-refractivity contribution in [2.45, 2.75) is 116 Å². The maximum atomic E-state index is 14.2. The van der Waals surface area contributed by atoms with Crippen molar-refractivity contribution in [1.29, 1.82) is 0 Å². The van der Waals surface area contributed by atoms with Crippen LogP contribution in [0.4, 0.5) is 4.79 Å². The van der Waals surface area contributed by atoms with Gasteiger partial charge < -0.3 is 20.3 Å². The molecule has 0 aromatic heterocycles. The molecule has 2 rings (SSSR count). The molecule has 3 unspecified atom stereocenters. The molecule has 1 fully saturated rings. The first-order chi connectivity index (χ1) is 18.4.